The highest BCUT2D eigenvalue weighted by Gasteiger charge is 2.42. The van der Waals surface area contributed by atoms with Crippen molar-refractivity contribution in [2.24, 2.45) is 5.41 Å². The maximum Gasteiger partial charge on any atom is 0.313 e. The van der Waals surface area contributed by atoms with Crippen molar-refractivity contribution in [2.45, 2.75) is 25.7 Å². The van der Waals surface area contributed by atoms with E-state index in [2.05, 4.69) is 0 Å². The molecule has 1 aromatic rings. The molecule has 4 heteroatoms. The van der Waals surface area contributed by atoms with Gasteiger partial charge >= 0.3 is 5.97 Å². The first-order chi connectivity index (χ1) is 9.03. The molecule has 1 aliphatic carbocycles. The van der Waals surface area contributed by atoms with E-state index in [1.54, 1.807) is 0 Å². The molecule has 0 heterocycles. The summed E-state index contributed by atoms with van der Waals surface area (Å²) in [7, 11) is 3.93. The van der Waals surface area contributed by atoms with Gasteiger partial charge in [-0.1, -0.05) is 18.9 Å². The first-order valence-corrected chi connectivity index (χ1v) is 6.67. The highest BCUT2D eigenvalue weighted by Crippen LogP contribution is 2.39. The van der Waals surface area contributed by atoms with Gasteiger partial charge < -0.3 is 14.7 Å². The third kappa shape index (κ3) is 3.00. The summed E-state index contributed by atoms with van der Waals surface area (Å²) in [5.74, 6) is 0.00693. The van der Waals surface area contributed by atoms with Gasteiger partial charge in [0, 0.05) is 25.8 Å². The lowest BCUT2D eigenvalue weighted by atomic mass is 9.87. The van der Waals surface area contributed by atoms with Crippen molar-refractivity contribution in [3.05, 3.63) is 24.3 Å². The SMILES string of the molecule is CN(C)c1cccc(OCC2(C(=O)O)CCCC2)c1. The van der Waals surface area contributed by atoms with Crippen LogP contribution in [-0.4, -0.2) is 31.8 Å². The van der Waals surface area contributed by atoms with E-state index in [0.29, 0.717) is 0 Å². The Kier molecular flexibility index (Phi) is 3.98. The Morgan fingerprint density at radius 2 is 2.05 bits per heavy atom. The molecule has 4 nitrogen and oxygen atoms in total. The molecule has 1 N–H and O–H groups in total. The van der Waals surface area contributed by atoms with Gasteiger partial charge in [0.1, 0.15) is 17.8 Å². The van der Waals surface area contributed by atoms with Gasteiger partial charge in [-0.25, -0.2) is 0 Å². The second-order valence-electron chi connectivity index (χ2n) is 5.47. The molecule has 2 rings (SSSR count). The lowest BCUT2D eigenvalue weighted by molar-refractivity contribution is -0.150. The molecule has 0 radical (unpaired) electrons. The fraction of sp³-hybridized carbons (Fsp3) is 0.533. The van der Waals surface area contributed by atoms with Crippen LogP contribution in [0.5, 0.6) is 5.75 Å². The van der Waals surface area contributed by atoms with E-state index in [-0.39, 0.29) is 6.61 Å². The van der Waals surface area contributed by atoms with Gasteiger partial charge in [0.25, 0.3) is 0 Å². The normalized spacial score (nSPS) is 17.2. The van der Waals surface area contributed by atoms with Gasteiger partial charge in [0.2, 0.25) is 0 Å². The summed E-state index contributed by atoms with van der Waals surface area (Å²) in [6.45, 7) is 0.263. The number of benzene rings is 1. The standard InChI is InChI=1S/C15H21NO3/c1-16(2)12-6-5-7-13(10-12)19-11-15(14(17)18)8-3-4-9-15/h5-7,10H,3-4,8-9,11H2,1-2H3,(H,17,18). The van der Waals surface area contributed by atoms with Crippen molar-refractivity contribution in [2.75, 3.05) is 25.6 Å². The zero-order chi connectivity index (χ0) is 13.9. The van der Waals surface area contributed by atoms with Crippen molar-refractivity contribution in [1.29, 1.82) is 0 Å². The van der Waals surface area contributed by atoms with Crippen molar-refractivity contribution >= 4 is 11.7 Å². The predicted molar refractivity (Wildman–Crippen MR) is 74.8 cm³/mol. The third-order valence-corrected chi connectivity index (χ3v) is 3.86. The van der Waals surface area contributed by atoms with E-state index in [9.17, 15) is 9.90 Å². The molecule has 1 fully saturated rings. The van der Waals surface area contributed by atoms with Gasteiger partial charge in [0.05, 0.1) is 0 Å². The van der Waals surface area contributed by atoms with Crippen LogP contribution in [0.3, 0.4) is 0 Å². The summed E-state index contributed by atoms with van der Waals surface area (Å²) in [6, 6.07) is 7.73. The number of hydrogen-bond donors (Lipinski definition) is 1. The summed E-state index contributed by atoms with van der Waals surface area (Å²) < 4.78 is 5.74. The molecule has 0 atom stereocenters. The number of carboxylic acid groups (broad SMARTS) is 1. The Labute approximate surface area is 114 Å². The minimum absolute atomic E-state index is 0.263. The second kappa shape index (κ2) is 5.51. The van der Waals surface area contributed by atoms with Crippen molar-refractivity contribution in [3.8, 4) is 5.75 Å². The van der Waals surface area contributed by atoms with Gasteiger partial charge in [-0.05, 0) is 25.0 Å². The number of ether oxygens (including phenoxy) is 1. The Balaban J connectivity index is 2.05. The fourth-order valence-electron chi connectivity index (χ4n) is 2.54. The summed E-state index contributed by atoms with van der Waals surface area (Å²) in [6.07, 6.45) is 3.40. The number of aliphatic carboxylic acids is 1. The van der Waals surface area contributed by atoms with E-state index in [0.717, 1.165) is 37.1 Å². The summed E-state index contributed by atoms with van der Waals surface area (Å²) in [4.78, 5) is 13.4. The van der Waals surface area contributed by atoms with Gasteiger partial charge in [-0.2, -0.15) is 0 Å². The predicted octanol–water partition coefficient (Wildman–Crippen LogP) is 2.78. The summed E-state index contributed by atoms with van der Waals surface area (Å²) in [5.41, 5.74) is 0.363. The maximum atomic E-state index is 11.4. The molecule has 0 aliphatic heterocycles. The fourth-order valence-corrected chi connectivity index (χ4v) is 2.54. The molecule has 0 spiro atoms. The topological polar surface area (TPSA) is 49.8 Å². The van der Waals surface area contributed by atoms with Crippen LogP contribution < -0.4 is 9.64 Å². The molecule has 0 amide bonds. The van der Waals surface area contributed by atoms with Crippen LogP contribution in [0.2, 0.25) is 0 Å². The Bertz CT molecular complexity index is 450. The molecule has 0 bridgehead atoms. The van der Waals surface area contributed by atoms with E-state index in [4.69, 9.17) is 4.74 Å². The molecule has 19 heavy (non-hydrogen) atoms. The molecule has 1 aromatic carbocycles. The van der Waals surface area contributed by atoms with Crippen LogP contribution in [-0.2, 0) is 4.79 Å². The van der Waals surface area contributed by atoms with Crippen molar-refractivity contribution in [1.82, 2.24) is 0 Å². The number of rotatable bonds is 5. The van der Waals surface area contributed by atoms with Crippen LogP contribution >= 0.6 is 0 Å². The number of hydrogen-bond acceptors (Lipinski definition) is 3. The van der Waals surface area contributed by atoms with E-state index < -0.39 is 11.4 Å². The molecule has 104 valence electrons. The largest absolute Gasteiger partial charge is 0.492 e. The monoisotopic (exact) mass is 263 g/mol. The third-order valence-electron chi connectivity index (χ3n) is 3.86. The Morgan fingerprint density at radius 3 is 2.63 bits per heavy atom. The molecule has 0 aromatic heterocycles. The second-order valence-corrected chi connectivity index (χ2v) is 5.47. The average molecular weight is 263 g/mol. The minimum atomic E-state index is -0.728. The Morgan fingerprint density at radius 1 is 1.37 bits per heavy atom. The zero-order valence-electron chi connectivity index (χ0n) is 11.6. The molecular weight excluding hydrogens is 242 g/mol. The molecule has 1 aliphatic rings. The van der Waals surface area contributed by atoms with Crippen molar-refractivity contribution < 1.29 is 14.6 Å². The average Bonchev–Trinajstić information content (AvgIpc) is 2.87. The number of carboxylic acids is 1. The molecular formula is C15H21NO3. The van der Waals surface area contributed by atoms with E-state index in [1.165, 1.54) is 0 Å². The van der Waals surface area contributed by atoms with E-state index in [1.807, 2.05) is 43.3 Å². The van der Waals surface area contributed by atoms with Crippen molar-refractivity contribution in [3.63, 3.8) is 0 Å². The lowest BCUT2D eigenvalue weighted by Gasteiger charge is -2.24. The summed E-state index contributed by atoms with van der Waals surface area (Å²) in [5, 5.41) is 9.40. The van der Waals surface area contributed by atoms with Crippen LogP contribution in [0.25, 0.3) is 0 Å². The lowest BCUT2D eigenvalue weighted by Crippen LogP contribution is -2.34. The first-order valence-electron chi connectivity index (χ1n) is 6.67. The highest BCUT2D eigenvalue weighted by molar-refractivity contribution is 5.75. The van der Waals surface area contributed by atoms with Crippen LogP contribution in [0.4, 0.5) is 5.69 Å². The highest BCUT2D eigenvalue weighted by atomic mass is 16.5. The zero-order valence-corrected chi connectivity index (χ0v) is 11.6. The molecule has 0 saturated heterocycles. The maximum absolute atomic E-state index is 11.4. The number of carbonyl (C=O) groups is 1. The Hall–Kier alpha value is -1.71. The number of nitrogens with zero attached hydrogens (tertiary/aromatic N) is 1. The minimum Gasteiger partial charge on any atom is -0.492 e. The quantitative estimate of drug-likeness (QED) is 0.887. The van der Waals surface area contributed by atoms with Gasteiger partial charge in [0.15, 0.2) is 0 Å². The van der Waals surface area contributed by atoms with Crippen LogP contribution in [0, 0.1) is 5.41 Å². The summed E-state index contributed by atoms with van der Waals surface area (Å²) >= 11 is 0. The smallest absolute Gasteiger partial charge is 0.313 e. The first kappa shape index (κ1) is 13.7. The van der Waals surface area contributed by atoms with Gasteiger partial charge in [-0.3, -0.25) is 4.79 Å². The molecule has 0 unspecified atom stereocenters. The van der Waals surface area contributed by atoms with Crippen LogP contribution in [0.15, 0.2) is 24.3 Å². The van der Waals surface area contributed by atoms with E-state index >= 15 is 0 Å². The number of anilines is 1. The molecule has 1 saturated carbocycles. The van der Waals surface area contributed by atoms with Gasteiger partial charge in [-0.15, -0.1) is 0 Å². The van der Waals surface area contributed by atoms with Crippen LogP contribution in [0.1, 0.15) is 25.7 Å².